The number of para-hydroxylation sites is 1. The molecule has 0 spiro atoms. The molecule has 226 valence electrons. The minimum absolute atomic E-state index is 0.311. The zero-order valence-electron chi connectivity index (χ0n) is 24.3. The van der Waals surface area contributed by atoms with Crippen molar-refractivity contribution in [2.24, 2.45) is 4.99 Å². The Morgan fingerprint density at radius 1 is 1.05 bits per heavy atom. The summed E-state index contributed by atoms with van der Waals surface area (Å²) in [6.45, 7) is 8.14. The summed E-state index contributed by atoms with van der Waals surface area (Å²) in [6.07, 6.45) is -1.66. The molecule has 1 N–H and O–H groups in total. The van der Waals surface area contributed by atoms with Gasteiger partial charge in [-0.1, -0.05) is 56.3 Å². The molecule has 0 bridgehead atoms. The standard InChI is InChI=1S/C32H29F3N6O2S/c1-20(2)27-7-5-6-8-28(27)41-22(4)18-44-31(41)38-30(42)36-17-21(3)23-9-11-24(12-10-23)29-37-19-40(39-29)25-13-15-26(16-14-25)43-32(33,34)35/h5-20H,1-4H3,(H,36,42)/b21-17+,38-31-. The summed E-state index contributed by atoms with van der Waals surface area (Å²) in [5, 5.41) is 9.18. The summed E-state index contributed by atoms with van der Waals surface area (Å²) in [6, 6.07) is 20.4. The molecule has 0 aliphatic rings. The first-order valence-corrected chi connectivity index (χ1v) is 14.5. The summed E-state index contributed by atoms with van der Waals surface area (Å²) in [5.41, 5.74) is 6.15. The Bertz CT molecular complexity index is 1870. The largest absolute Gasteiger partial charge is 0.573 e. The number of rotatable bonds is 7. The second-order valence-corrected chi connectivity index (χ2v) is 11.1. The number of thiazole rings is 1. The van der Waals surface area contributed by atoms with Crippen LogP contribution in [-0.2, 0) is 0 Å². The van der Waals surface area contributed by atoms with Gasteiger partial charge in [0.25, 0.3) is 0 Å². The quantitative estimate of drug-likeness (QED) is 0.202. The van der Waals surface area contributed by atoms with Gasteiger partial charge in [-0.05, 0) is 66.8 Å². The smallest absolute Gasteiger partial charge is 0.406 e. The molecule has 0 saturated carbocycles. The topological polar surface area (TPSA) is 86.3 Å². The third kappa shape index (κ3) is 7.14. The van der Waals surface area contributed by atoms with Crippen molar-refractivity contribution in [2.75, 3.05) is 0 Å². The molecule has 0 radical (unpaired) electrons. The van der Waals surface area contributed by atoms with Crippen LogP contribution in [0.3, 0.4) is 0 Å². The predicted molar refractivity (Wildman–Crippen MR) is 164 cm³/mol. The number of aromatic nitrogens is 4. The molecule has 3 aromatic carbocycles. The number of halogens is 3. The normalized spacial score (nSPS) is 12.5. The highest BCUT2D eigenvalue weighted by Gasteiger charge is 2.31. The molecule has 2 amide bonds. The summed E-state index contributed by atoms with van der Waals surface area (Å²) in [7, 11) is 0. The fraction of sp³-hybridized carbons (Fsp3) is 0.188. The van der Waals surface area contributed by atoms with Gasteiger partial charge in [0, 0.05) is 22.8 Å². The van der Waals surface area contributed by atoms with Gasteiger partial charge in [0.05, 0.1) is 11.4 Å². The third-order valence-electron chi connectivity index (χ3n) is 6.71. The Morgan fingerprint density at radius 3 is 2.43 bits per heavy atom. The number of ether oxygens (including phenoxy) is 1. The highest BCUT2D eigenvalue weighted by atomic mass is 32.1. The van der Waals surface area contributed by atoms with Crippen LogP contribution in [0.2, 0.25) is 0 Å². The van der Waals surface area contributed by atoms with Crippen molar-refractivity contribution >= 4 is 22.9 Å². The van der Waals surface area contributed by atoms with E-state index in [4.69, 9.17) is 0 Å². The monoisotopic (exact) mass is 618 g/mol. The summed E-state index contributed by atoms with van der Waals surface area (Å²) < 4.78 is 44.6. The predicted octanol–water partition coefficient (Wildman–Crippen LogP) is 7.79. The van der Waals surface area contributed by atoms with Crippen LogP contribution in [0.25, 0.3) is 28.3 Å². The van der Waals surface area contributed by atoms with E-state index in [1.807, 2.05) is 66.3 Å². The first-order chi connectivity index (χ1) is 21.0. The Labute approximate surface area is 255 Å². The van der Waals surface area contributed by atoms with Crippen LogP contribution in [0.1, 0.15) is 43.5 Å². The number of aryl methyl sites for hydroxylation is 1. The van der Waals surface area contributed by atoms with Crippen molar-refractivity contribution in [2.45, 2.75) is 40.0 Å². The molecule has 8 nitrogen and oxygen atoms in total. The van der Waals surface area contributed by atoms with Crippen molar-refractivity contribution in [3.63, 3.8) is 0 Å². The number of carbonyl (C=O) groups is 1. The maximum atomic E-state index is 12.8. The molecule has 0 fully saturated rings. The first kappa shape index (κ1) is 30.5. The van der Waals surface area contributed by atoms with Crippen molar-refractivity contribution in [3.8, 4) is 28.5 Å². The number of amides is 2. The summed E-state index contributed by atoms with van der Waals surface area (Å²) >= 11 is 1.41. The lowest BCUT2D eigenvalue weighted by Crippen LogP contribution is -2.22. The molecule has 44 heavy (non-hydrogen) atoms. The molecule has 12 heteroatoms. The Kier molecular flexibility index (Phi) is 8.81. The zero-order valence-corrected chi connectivity index (χ0v) is 25.1. The lowest BCUT2D eigenvalue weighted by Gasteiger charge is -2.14. The van der Waals surface area contributed by atoms with Crippen LogP contribution >= 0.6 is 11.3 Å². The van der Waals surface area contributed by atoms with Gasteiger partial charge in [-0.3, -0.25) is 4.57 Å². The van der Waals surface area contributed by atoms with E-state index in [0.717, 1.165) is 28.1 Å². The first-order valence-electron chi connectivity index (χ1n) is 13.7. The van der Waals surface area contributed by atoms with Crippen molar-refractivity contribution in [1.82, 2.24) is 24.6 Å². The lowest BCUT2D eigenvalue weighted by atomic mass is 10.0. The van der Waals surface area contributed by atoms with Crippen LogP contribution in [0.4, 0.5) is 18.0 Å². The van der Waals surface area contributed by atoms with E-state index in [1.54, 1.807) is 6.20 Å². The van der Waals surface area contributed by atoms with Crippen LogP contribution in [-0.4, -0.2) is 31.7 Å². The molecule has 2 heterocycles. The lowest BCUT2D eigenvalue weighted by molar-refractivity contribution is -0.274. The fourth-order valence-electron chi connectivity index (χ4n) is 4.52. The number of allylic oxidation sites excluding steroid dienone is 1. The van der Waals surface area contributed by atoms with E-state index in [1.165, 1.54) is 52.2 Å². The Hall–Kier alpha value is -4.97. The molecule has 2 aromatic heterocycles. The highest BCUT2D eigenvalue weighted by molar-refractivity contribution is 7.07. The number of benzene rings is 3. The number of nitrogens with zero attached hydrogens (tertiary/aromatic N) is 5. The van der Waals surface area contributed by atoms with Crippen LogP contribution in [0.5, 0.6) is 5.75 Å². The minimum atomic E-state index is -4.75. The maximum Gasteiger partial charge on any atom is 0.573 e. The minimum Gasteiger partial charge on any atom is -0.406 e. The van der Waals surface area contributed by atoms with E-state index in [0.29, 0.717) is 22.2 Å². The number of carbonyl (C=O) groups excluding carboxylic acids is 1. The number of urea groups is 1. The maximum absolute atomic E-state index is 12.8. The van der Waals surface area contributed by atoms with Crippen molar-refractivity contribution in [3.05, 3.63) is 112 Å². The fourth-order valence-corrected chi connectivity index (χ4v) is 5.38. The molecule has 5 rings (SSSR count). The van der Waals surface area contributed by atoms with Crippen LogP contribution < -0.4 is 14.9 Å². The van der Waals surface area contributed by atoms with Crippen LogP contribution in [0, 0.1) is 6.92 Å². The third-order valence-corrected chi connectivity index (χ3v) is 7.66. The second-order valence-electron chi connectivity index (χ2n) is 10.2. The van der Waals surface area contributed by atoms with Gasteiger partial charge >= 0.3 is 12.4 Å². The van der Waals surface area contributed by atoms with Crippen molar-refractivity contribution < 1.29 is 22.7 Å². The van der Waals surface area contributed by atoms with E-state index in [2.05, 4.69) is 45.0 Å². The molecule has 5 aromatic rings. The average Bonchev–Trinajstić information content (AvgIpc) is 3.62. The van der Waals surface area contributed by atoms with Gasteiger partial charge < -0.3 is 10.1 Å². The molecule has 0 aliphatic carbocycles. The average molecular weight is 619 g/mol. The van der Waals surface area contributed by atoms with Gasteiger partial charge in [-0.2, -0.15) is 4.99 Å². The number of alkyl halides is 3. The van der Waals surface area contributed by atoms with E-state index >= 15 is 0 Å². The van der Waals surface area contributed by atoms with Gasteiger partial charge in [0.15, 0.2) is 10.6 Å². The molecule has 0 unspecified atom stereocenters. The molecule has 0 aliphatic heterocycles. The summed E-state index contributed by atoms with van der Waals surface area (Å²) in [4.78, 5) is 22.0. The van der Waals surface area contributed by atoms with Crippen LogP contribution in [0.15, 0.2) is 95.7 Å². The van der Waals surface area contributed by atoms with E-state index in [9.17, 15) is 18.0 Å². The zero-order chi connectivity index (χ0) is 31.4. The van der Waals surface area contributed by atoms with Gasteiger partial charge in [0.1, 0.15) is 12.1 Å². The van der Waals surface area contributed by atoms with Gasteiger partial charge in [-0.15, -0.1) is 29.6 Å². The molecular formula is C32H29F3N6O2S. The molecule has 0 atom stereocenters. The molecular weight excluding hydrogens is 589 g/mol. The SMILES string of the molecule is C/C(=C\NC(=O)/N=c1\scc(C)n1-c1ccccc1C(C)C)c1ccc(-c2ncn(-c3ccc(OC(F)(F)F)cc3)n2)cc1. The Morgan fingerprint density at radius 2 is 1.75 bits per heavy atom. The number of hydrogen-bond acceptors (Lipinski definition) is 5. The highest BCUT2D eigenvalue weighted by Crippen LogP contribution is 2.25. The second kappa shape index (κ2) is 12.7. The van der Waals surface area contributed by atoms with Gasteiger partial charge in [-0.25, -0.2) is 14.5 Å². The number of hydrogen-bond donors (Lipinski definition) is 1. The number of nitrogens with one attached hydrogen (secondary N) is 1. The van der Waals surface area contributed by atoms with E-state index < -0.39 is 12.4 Å². The molecule has 0 saturated heterocycles. The van der Waals surface area contributed by atoms with Crippen molar-refractivity contribution in [1.29, 1.82) is 0 Å². The summed E-state index contributed by atoms with van der Waals surface area (Å²) in [5.74, 6) is 0.438. The van der Waals surface area contributed by atoms with Gasteiger partial charge in [0.2, 0.25) is 0 Å². The Balaban J connectivity index is 1.27. The van der Waals surface area contributed by atoms with E-state index in [-0.39, 0.29) is 5.75 Å².